The van der Waals surface area contributed by atoms with E-state index >= 15 is 0 Å². The van der Waals surface area contributed by atoms with Gasteiger partial charge in [0.05, 0.1) is 16.8 Å². The number of para-hydroxylation sites is 1. The zero-order chi connectivity index (χ0) is 13.4. The first-order valence-electron chi connectivity index (χ1n) is 5.96. The van der Waals surface area contributed by atoms with Gasteiger partial charge >= 0.3 is 0 Å². The summed E-state index contributed by atoms with van der Waals surface area (Å²) >= 11 is 1.49. The Labute approximate surface area is 114 Å². The van der Waals surface area contributed by atoms with E-state index in [2.05, 4.69) is 15.3 Å². The Morgan fingerprint density at radius 1 is 1.32 bits per heavy atom. The maximum atomic E-state index is 12.3. The van der Waals surface area contributed by atoms with Crippen molar-refractivity contribution in [1.29, 1.82) is 0 Å². The van der Waals surface area contributed by atoms with E-state index in [4.69, 9.17) is 0 Å². The zero-order valence-corrected chi connectivity index (χ0v) is 11.5. The Bertz CT molecular complexity index is 737. The molecule has 0 fully saturated rings. The van der Waals surface area contributed by atoms with Crippen LogP contribution in [0.4, 0.5) is 5.13 Å². The van der Waals surface area contributed by atoms with E-state index in [1.165, 1.54) is 11.3 Å². The molecule has 3 aromatic rings. The second kappa shape index (κ2) is 4.51. The molecule has 1 aromatic carbocycles. The van der Waals surface area contributed by atoms with Crippen LogP contribution in [-0.4, -0.2) is 15.9 Å². The van der Waals surface area contributed by atoms with Crippen LogP contribution in [0.15, 0.2) is 30.5 Å². The van der Waals surface area contributed by atoms with E-state index in [0.717, 1.165) is 21.5 Å². The van der Waals surface area contributed by atoms with Crippen molar-refractivity contribution in [2.75, 3.05) is 5.32 Å². The predicted octanol–water partition coefficient (Wildman–Crippen LogP) is 3.49. The third kappa shape index (κ3) is 2.13. The number of benzene rings is 1. The van der Waals surface area contributed by atoms with Crippen LogP contribution in [0.3, 0.4) is 0 Å². The topological polar surface area (TPSA) is 57.8 Å². The quantitative estimate of drug-likeness (QED) is 0.749. The van der Waals surface area contributed by atoms with Crippen molar-refractivity contribution in [2.45, 2.75) is 13.8 Å². The standard InChI is InChI=1S/C14H13N3OS/c1-8-9(2)19-14(16-8)17-13(18)11-5-3-4-10-6-7-15-12(10)11/h3-7,15H,1-2H3,(H,16,17,18). The maximum Gasteiger partial charge on any atom is 0.259 e. The molecule has 0 aliphatic heterocycles. The van der Waals surface area contributed by atoms with Crippen LogP contribution in [0, 0.1) is 13.8 Å². The van der Waals surface area contributed by atoms with E-state index in [1.54, 1.807) is 0 Å². The summed E-state index contributed by atoms with van der Waals surface area (Å²) in [6.45, 7) is 3.93. The van der Waals surface area contributed by atoms with Crippen LogP contribution in [0.25, 0.3) is 10.9 Å². The van der Waals surface area contributed by atoms with Crippen molar-refractivity contribution in [1.82, 2.24) is 9.97 Å². The van der Waals surface area contributed by atoms with Crippen LogP contribution in [0.5, 0.6) is 0 Å². The molecule has 0 radical (unpaired) electrons. The van der Waals surface area contributed by atoms with Crippen LogP contribution in [0.1, 0.15) is 20.9 Å². The number of nitrogens with zero attached hydrogens (tertiary/aromatic N) is 1. The second-order valence-electron chi connectivity index (χ2n) is 4.36. The molecule has 2 aromatic heterocycles. The molecule has 19 heavy (non-hydrogen) atoms. The zero-order valence-electron chi connectivity index (χ0n) is 10.7. The summed E-state index contributed by atoms with van der Waals surface area (Å²) in [5.74, 6) is -0.137. The van der Waals surface area contributed by atoms with E-state index in [-0.39, 0.29) is 5.91 Å². The molecule has 0 atom stereocenters. The molecule has 0 saturated carbocycles. The smallest absolute Gasteiger partial charge is 0.259 e. The van der Waals surface area contributed by atoms with Crippen LogP contribution < -0.4 is 5.32 Å². The number of thiazole rings is 1. The molecule has 0 unspecified atom stereocenters. The highest BCUT2D eigenvalue weighted by molar-refractivity contribution is 7.15. The molecule has 0 aliphatic carbocycles. The normalized spacial score (nSPS) is 10.8. The minimum Gasteiger partial charge on any atom is -0.361 e. The van der Waals surface area contributed by atoms with Gasteiger partial charge in [-0.25, -0.2) is 4.98 Å². The number of rotatable bonds is 2. The molecule has 5 heteroatoms. The Morgan fingerprint density at radius 2 is 2.16 bits per heavy atom. The summed E-state index contributed by atoms with van der Waals surface area (Å²) in [5.41, 5.74) is 2.44. The van der Waals surface area contributed by atoms with Crippen LogP contribution in [-0.2, 0) is 0 Å². The summed E-state index contributed by atoms with van der Waals surface area (Å²) in [7, 11) is 0. The lowest BCUT2D eigenvalue weighted by atomic mass is 10.1. The van der Waals surface area contributed by atoms with Gasteiger partial charge < -0.3 is 4.98 Å². The summed E-state index contributed by atoms with van der Waals surface area (Å²) in [6, 6.07) is 7.61. The third-order valence-corrected chi connectivity index (χ3v) is 4.07. The molecule has 96 valence electrons. The number of carbonyl (C=O) groups excluding carboxylic acids is 1. The third-order valence-electron chi connectivity index (χ3n) is 3.08. The first-order chi connectivity index (χ1) is 9.15. The molecular weight excluding hydrogens is 258 g/mol. The first-order valence-corrected chi connectivity index (χ1v) is 6.78. The van der Waals surface area contributed by atoms with Crippen molar-refractivity contribution in [3.63, 3.8) is 0 Å². The van der Waals surface area contributed by atoms with Gasteiger partial charge in [-0.1, -0.05) is 12.1 Å². The molecule has 1 amide bonds. The number of fused-ring (bicyclic) bond motifs is 1. The van der Waals surface area contributed by atoms with Gasteiger partial charge in [0.25, 0.3) is 5.91 Å². The van der Waals surface area contributed by atoms with Gasteiger partial charge in [-0.15, -0.1) is 11.3 Å². The number of nitrogens with one attached hydrogen (secondary N) is 2. The molecule has 4 nitrogen and oxygen atoms in total. The number of hydrogen-bond donors (Lipinski definition) is 2. The SMILES string of the molecule is Cc1nc(NC(=O)c2cccc3cc[nH]c23)sc1C. The lowest BCUT2D eigenvalue weighted by molar-refractivity contribution is 0.102. The van der Waals surface area contributed by atoms with Crippen LogP contribution in [0.2, 0.25) is 0 Å². The van der Waals surface area contributed by atoms with Gasteiger partial charge in [-0.3, -0.25) is 10.1 Å². The lowest BCUT2D eigenvalue weighted by Gasteiger charge is -2.03. The Balaban J connectivity index is 1.94. The Hall–Kier alpha value is -2.14. The molecule has 2 heterocycles. The highest BCUT2D eigenvalue weighted by Crippen LogP contribution is 2.23. The van der Waals surface area contributed by atoms with Gasteiger partial charge in [0.2, 0.25) is 0 Å². The number of aryl methyl sites for hydroxylation is 2. The monoisotopic (exact) mass is 271 g/mol. The molecule has 0 aliphatic rings. The summed E-state index contributed by atoms with van der Waals surface area (Å²) in [4.78, 5) is 20.8. The van der Waals surface area contributed by atoms with Gasteiger partial charge in [-0.05, 0) is 26.0 Å². The lowest BCUT2D eigenvalue weighted by Crippen LogP contribution is -2.12. The summed E-state index contributed by atoms with van der Waals surface area (Å²) in [5, 5.41) is 4.52. The average molecular weight is 271 g/mol. The number of H-pyrrole nitrogens is 1. The van der Waals surface area contributed by atoms with Crippen molar-refractivity contribution >= 4 is 33.3 Å². The maximum absolute atomic E-state index is 12.3. The molecule has 2 N–H and O–H groups in total. The average Bonchev–Trinajstić information content (AvgIpc) is 2.96. The van der Waals surface area contributed by atoms with Crippen molar-refractivity contribution in [2.24, 2.45) is 0 Å². The number of carbonyl (C=O) groups is 1. The number of anilines is 1. The fraction of sp³-hybridized carbons (Fsp3) is 0.143. The molecule has 0 spiro atoms. The molecular formula is C14H13N3OS. The largest absolute Gasteiger partial charge is 0.361 e. The van der Waals surface area contributed by atoms with Gasteiger partial charge in [-0.2, -0.15) is 0 Å². The summed E-state index contributed by atoms with van der Waals surface area (Å²) in [6.07, 6.45) is 1.83. The molecule has 3 rings (SSSR count). The van der Waals surface area contributed by atoms with Gasteiger partial charge in [0.1, 0.15) is 0 Å². The van der Waals surface area contributed by atoms with E-state index in [9.17, 15) is 4.79 Å². The van der Waals surface area contributed by atoms with Crippen LogP contribution >= 0.6 is 11.3 Å². The van der Waals surface area contributed by atoms with E-state index in [1.807, 2.05) is 44.3 Å². The number of aromatic nitrogens is 2. The minimum atomic E-state index is -0.137. The van der Waals surface area contributed by atoms with E-state index in [0.29, 0.717) is 10.7 Å². The predicted molar refractivity (Wildman–Crippen MR) is 77.8 cm³/mol. The van der Waals surface area contributed by atoms with Crippen molar-refractivity contribution in [3.05, 3.63) is 46.6 Å². The Kier molecular flexibility index (Phi) is 2.83. The van der Waals surface area contributed by atoms with Crippen molar-refractivity contribution < 1.29 is 4.79 Å². The highest BCUT2D eigenvalue weighted by atomic mass is 32.1. The minimum absolute atomic E-state index is 0.137. The molecule has 0 saturated heterocycles. The van der Waals surface area contributed by atoms with Gasteiger partial charge in [0.15, 0.2) is 5.13 Å². The van der Waals surface area contributed by atoms with Crippen molar-refractivity contribution in [3.8, 4) is 0 Å². The number of hydrogen-bond acceptors (Lipinski definition) is 3. The highest BCUT2D eigenvalue weighted by Gasteiger charge is 2.13. The second-order valence-corrected chi connectivity index (χ2v) is 5.57. The first kappa shape index (κ1) is 11.9. The van der Waals surface area contributed by atoms with E-state index < -0.39 is 0 Å². The van der Waals surface area contributed by atoms with Gasteiger partial charge in [0, 0.05) is 16.5 Å². The summed E-state index contributed by atoms with van der Waals surface area (Å²) < 4.78 is 0. The Morgan fingerprint density at radius 3 is 2.89 bits per heavy atom. The number of amides is 1. The molecule has 0 bridgehead atoms. The fourth-order valence-electron chi connectivity index (χ4n) is 1.96. The number of aromatic amines is 1. The fourth-order valence-corrected chi connectivity index (χ4v) is 2.77.